The van der Waals surface area contributed by atoms with Gasteiger partial charge >= 0.3 is 0 Å². The van der Waals surface area contributed by atoms with Crippen molar-refractivity contribution in [3.63, 3.8) is 0 Å². The fraction of sp³-hybridized carbons (Fsp3) is 0.333. The van der Waals surface area contributed by atoms with Crippen molar-refractivity contribution in [3.05, 3.63) is 48.2 Å². The molecule has 0 bridgehead atoms. The van der Waals surface area contributed by atoms with Crippen LogP contribution in [0.15, 0.2) is 42.6 Å². The van der Waals surface area contributed by atoms with E-state index in [9.17, 15) is 18.7 Å². The first kappa shape index (κ1) is 16.1. The molecule has 2 N–H and O–H groups in total. The predicted octanol–water partition coefficient (Wildman–Crippen LogP) is 2.38. The van der Waals surface area contributed by atoms with Gasteiger partial charge in [0.2, 0.25) is 5.91 Å². The molecule has 1 heterocycles. The van der Waals surface area contributed by atoms with Gasteiger partial charge in [-0.2, -0.15) is 5.10 Å². The van der Waals surface area contributed by atoms with E-state index in [0.29, 0.717) is 5.56 Å². The zero-order valence-electron chi connectivity index (χ0n) is 12.0. The second kappa shape index (κ2) is 6.65. The lowest BCUT2D eigenvalue weighted by Crippen LogP contribution is -2.28. The molecule has 0 saturated heterocycles. The SMILES string of the molecule is CC(O)(CC(=O)Nc1ccn(CC(F)F)n1)c1ccccc1. The van der Waals surface area contributed by atoms with Gasteiger partial charge < -0.3 is 10.4 Å². The van der Waals surface area contributed by atoms with Gasteiger partial charge in [-0.15, -0.1) is 0 Å². The van der Waals surface area contributed by atoms with Crippen LogP contribution < -0.4 is 5.32 Å². The van der Waals surface area contributed by atoms with Crippen LogP contribution in [0, 0.1) is 0 Å². The Bertz CT molecular complexity index is 627. The van der Waals surface area contributed by atoms with Crippen molar-refractivity contribution in [3.8, 4) is 0 Å². The third-order valence-corrected chi connectivity index (χ3v) is 3.13. The van der Waals surface area contributed by atoms with Crippen molar-refractivity contribution < 1.29 is 18.7 Å². The number of carbonyl (C=O) groups is 1. The number of nitrogens with zero attached hydrogens (tertiary/aromatic N) is 2. The van der Waals surface area contributed by atoms with Crippen LogP contribution in [0.4, 0.5) is 14.6 Å². The van der Waals surface area contributed by atoms with Crippen LogP contribution in [0.2, 0.25) is 0 Å². The zero-order chi connectivity index (χ0) is 16.2. The van der Waals surface area contributed by atoms with Crippen molar-refractivity contribution in [2.24, 2.45) is 0 Å². The maximum absolute atomic E-state index is 12.2. The summed E-state index contributed by atoms with van der Waals surface area (Å²) >= 11 is 0. The molecule has 0 fully saturated rings. The number of halogens is 2. The van der Waals surface area contributed by atoms with Gasteiger partial charge in [0.15, 0.2) is 5.82 Å². The number of carbonyl (C=O) groups excluding carboxylic acids is 1. The lowest BCUT2D eigenvalue weighted by Gasteiger charge is -2.22. The van der Waals surface area contributed by atoms with Gasteiger partial charge in [-0.1, -0.05) is 30.3 Å². The molecule has 0 aliphatic heterocycles. The summed E-state index contributed by atoms with van der Waals surface area (Å²) in [5, 5.41) is 16.7. The molecule has 0 saturated carbocycles. The van der Waals surface area contributed by atoms with Crippen LogP contribution in [0.3, 0.4) is 0 Å². The molecule has 1 aromatic heterocycles. The average Bonchev–Trinajstić information content (AvgIpc) is 2.85. The summed E-state index contributed by atoms with van der Waals surface area (Å²) in [6.45, 7) is 1.01. The van der Waals surface area contributed by atoms with E-state index in [1.54, 1.807) is 24.3 Å². The molecule has 1 atom stereocenters. The van der Waals surface area contributed by atoms with Crippen molar-refractivity contribution in [1.82, 2.24) is 9.78 Å². The van der Waals surface area contributed by atoms with Gasteiger partial charge in [0, 0.05) is 12.3 Å². The quantitative estimate of drug-likeness (QED) is 0.861. The molecule has 2 aromatic rings. The van der Waals surface area contributed by atoms with Gasteiger partial charge in [0.05, 0.1) is 12.0 Å². The summed E-state index contributed by atoms with van der Waals surface area (Å²) in [4.78, 5) is 12.0. The Morgan fingerprint density at radius 3 is 2.68 bits per heavy atom. The lowest BCUT2D eigenvalue weighted by atomic mass is 9.92. The van der Waals surface area contributed by atoms with E-state index in [0.717, 1.165) is 4.68 Å². The first-order chi connectivity index (χ1) is 10.4. The predicted molar refractivity (Wildman–Crippen MR) is 77.5 cm³/mol. The molecule has 1 amide bonds. The Kier molecular flexibility index (Phi) is 4.87. The Labute approximate surface area is 126 Å². The number of alkyl halides is 2. The number of hydrogen-bond acceptors (Lipinski definition) is 3. The number of aliphatic hydroxyl groups is 1. The first-order valence-corrected chi connectivity index (χ1v) is 6.76. The second-order valence-corrected chi connectivity index (χ2v) is 5.18. The van der Waals surface area contributed by atoms with E-state index in [-0.39, 0.29) is 12.2 Å². The van der Waals surface area contributed by atoms with Crippen LogP contribution >= 0.6 is 0 Å². The molecule has 7 heteroatoms. The van der Waals surface area contributed by atoms with Gasteiger partial charge in [-0.3, -0.25) is 9.48 Å². The summed E-state index contributed by atoms with van der Waals surface area (Å²) in [6.07, 6.45) is -1.32. The molecule has 0 aliphatic carbocycles. The fourth-order valence-electron chi connectivity index (χ4n) is 2.07. The molecule has 1 unspecified atom stereocenters. The number of amides is 1. The molecule has 2 rings (SSSR count). The summed E-state index contributed by atoms with van der Waals surface area (Å²) in [5.41, 5.74) is -0.704. The van der Waals surface area contributed by atoms with Crippen LogP contribution in [0.5, 0.6) is 0 Å². The third-order valence-electron chi connectivity index (χ3n) is 3.13. The largest absolute Gasteiger partial charge is 0.385 e. The smallest absolute Gasteiger partial charge is 0.257 e. The summed E-state index contributed by atoms with van der Waals surface area (Å²) in [7, 11) is 0. The Balaban J connectivity index is 1.96. The molecular formula is C15H17F2N3O2. The van der Waals surface area contributed by atoms with E-state index < -0.39 is 24.5 Å². The maximum Gasteiger partial charge on any atom is 0.257 e. The summed E-state index contributed by atoms with van der Waals surface area (Å²) < 4.78 is 25.5. The van der Waals surface area contributed by atoms with Crippen LogP contribution in [0.1, 0.15) is 18.9 Å². The summed E-state index contributed by atoms with van der Waals surface area (Å²) in [5.74, 6) is -0.273. The fourth-order valence-corrected chi connectivity index (χ4v) is 2.07. The molecule has 1 aromatic carbocycles. The van der Waals surface area contributed by atoms with Gasteiger partial charge in [0.1, 0.15) is 6.54 Å². The molecule has 118 valence electrons. The van der Waals surface area contributed by atoms with E-state index in [1.165, 1.54) is 19.2 Å². The number of hydrogen-bond donors (Lipinski definition) is 2. The minimum Gasteiger partial charge on any atom is -0.385 e. The molecule has 0 spiro atoms. The first-order valence-electron chi connectivity index (χ1n) is 6.76. The third kappa shape index (κ3) is 4.36. The standard InChI is InChI=1S/C15H17F2N3O2/c1-15(22,11-5-3-2-4-6-11)9-14(21)18-13-7-8-20(19-13)10-12(16)17/h2-8,12,22H,9-10H2,1H3,(H,18,19,21). The normalized spacial score (nSPS) is 13.9. The highest BCUT2D eigenvalue weighted by atomic mass is 19.3. The van der Waals surface area contributed by atoms with Crippen molar-refractivity contribution in [2.75, 3.05) is 5.32 Å². The highest BCUT2D eigenvalue weighted by Crippen LogP contribution is 2.24. The highest BCUT2D eigenvalue weighted by molar-refractivity contribution is 5.90. The molecule has 22 heavy (non-hydrogen) atoms. The molecular weight excluding hydrogens is 292 g/mol. The lowest BCUT2D eigenvalue weighted by molar-refractivity contribution is -0.120. The second-order valence-electron chi connectivity index (χ2n) is 5.18. The average molecular weight is 309 g/mol. The van der Waals surface area contributed by atoms with E-state index in [1.807, 2.05) is 6.07 Å². The van der Waals surface area contributed by atoms with Crippen LogP contribution in [0.25, 0.3) is 0 Å². The van der Waals surface area contributed by atoms with E-state index >= 15 is 0 Å². The van der Waals surface area contributed by atoms with Gasteiger partial charge in [-0.05, 0) is 12.5 Å². The molecule has 0 radical (unpaired) electrons. The topological polar surface area (TPSA) is 67.2 Å². The number of nitrogens with one attached hydrogen (secondary N) is 1. The number of benzene rings is 1. The number of aromatic nitrogens is 2. The van der Waals surface area contributed by atoms with Crippen molar-refractivity contribution in [2.45, 2.75) is 31.9 Å². The highest BCUT2D eigenvalue weighted by Gasteiger charge is 2.26. The van der Waals surface area contributed by atoms with Crippen LogP contribution in [-0.2, 0) is 16.9 Å². The summed E-state index contributed by atoms with van der Waals surface area (Å²) in [6, 6.07) is 10.2. The monoisotopic (exact) mass is 309 g/mol. The van der Waals surface area contributed by atoms with Gasteiger partial charge in [0.25, 0.3) is 6.43 Å². The number of rotatable bonds is 6. The Morgan fingerprint density at radius 1 is 1.36 bits per heavy atom. The van der Waals surface area contributed by atoms with E-state index in [2.05, 4.69) is 10.4 Å². The Hall–Kier alpha value is -2.28. The maximum atomic E-state index is 12.2. The minimum atomic E-state index is -2.51. The van der Waals surface area contributed by atoms with Crippen molar-refractivity contribution in [1.29, 1.82) is 0 Å². The molecule has 5 nitrogen and oxygen atoms in total. The minimum absolute atomic E-state index is 0.168. The molecule has 0 aliphatic rings. The Morgan fingerprint density at radius 2 is 2.05 bits per heavy atom. The zero-order valence-corrected chi connectivity index (χ0v) is 12.0. The number of anilines is 1. The van der Waals surface area contributed by atoms with Crippen molar-refractivity contribution >= 4 is 11.7 Å². The van der Waals surface area contributed by atoms with Crippen LogP contribution in [-0.4, -0.2) is 27.2 Å². The van der Waals surface area contributed by atoms with E-state index in [4.69, 9.17) is 0 Å². The van der Waals surface area contributed by atoms with Gasteiger partial charge in [-0.25, -0.2) is 8.78 Å².